The molecule has 2 heterocycles. The van der Waals surface area contributed by atoms with Crippen LogP contribution in [0.5, 0.6) is 5.75 Å². The summed E-state index contributed by atoms with van der Waals surface area (Å²) < 4.78 is 89.4. The van der Waals surface area contributed by atoms with Crippen molar-refractivity contribution in [2.45, 2.75) is 38.4 Å². The second kappa shape index (κ2) is 6.99. The van der Waals surface area contributed by atoms with Crippen LogP contribution < -0.4 is 4.74 Å². The Kier molecular flexibility index (Phi) is 5.02. The molecular formula is C17H14F6N2O2. The van der Waals surface area contributed by atoms with Crippen LogP contribution in [0.15, 0.2) is 29.4 Å². The van der Waals surface area contributed by atoms with Gasteiger partial charge in [-0.15, -0.1) is 0 Å². The highest BCUT2D eigenvalue weighted by molar-refractivity contribution is 5.99. The van der Waals surface area contributed by atoms with Gasteiger partial charge in [-0.25, -0.2) is 4.99 Å². The summed E-state index contributed by atoms with van der Waals surface area (Å²) in [5, 5.41) is -0.359. The van der Waals surface area contributed by atoms with E-state index in [0.29, 0.717) is 6.42 Å². The molecule has 1 atom stereocenters. The van der Waals surface area contributed by atoms with Crippen molar-refractivity contribution in [1.82, 2.24) is 4.98 Å². The first-order valence-electron chi connectivity index (χ1n) is 8.01. The molecule has 0 spiro atoms. The summed E-state index contributed by atoms with van der Waals surface area (Å²) in [5.74, 6) is -0.292. The molecule has 3 rings (SSSR count). The zero-order chi connectivity index (χ0) is 19.8. The summed E-state index contributed by atoms with van der Waals surface area (Å²) >= 11 is 0. The quantitative estimate of drug-likeness (QED) is 0.653. The van der Waals surface area contributed by atoms with Crippen LogP contribution in [0.2, 0.25) is 0 Å². The van der Waals surface area contributed by atoms with Crippen LogP contribution in [-0.2, 0) is 10.9 Å². The summed E-state index contributed by atoms with van der Waals surface area (Å²) in [6, 6.07) is 3.31. The van der Waals surface area contributed by atoms with E-state index >= 15 is 0 Å². The van der Waals surface area contributed by atoms with Crippen molar-refractivity contribution < 1.29 is 35.8 Å². The van der Waals surface area contributed by atoms with Gasteiger partial charge in [-0.3, -0.25) is 4.98 Å². The average molecular weight is 392 g/mol. The van der Waals surface area contributed by atoms with Crippen LogP contribution in [0.4, 0.5) is 32.0 Å². The van der Waals surface area contributed by atoms with Gasteiger partial charge in [0.05, 0.1) is 35.2 Å². The predicted octanol–water partition coefficient (Wildman–Crippen LogP) is 5.42. The second-order valence-corrected chi connectivity index (χ2v) is 5.88. The number of ether oxygens (including phenoxy) is 2. The molecule has 0 amide bonds. The molecule has 1 aromatic carbocycles. The third kappa shape index (κ3) is 4.15. The second-order valence-electron chi connectivity index (χ2n) is 5.88. The predicted molar refractivity (Wildman–Crippen MR) is 85.2 cm³/mol. The van der Waals surface area contributed by atoms with E-state index in [4.69, 9.17) is 9.47 Å². The molecule has 10 heteroatoms. The van der Waals surface area contributed by atoms with Crippen molar-refractivity contribution in [3.8, 4) is 5.75 Å². The molecule has 1 aliphatic rings. The number of nitrogens with zero attached hydrogens (tertiary/aromatic N) is 2. The fourth-order valence-corrected chi connectivity index (χ4v) is 2.71. The van der Waals surface area contributed by atoms with Gasteiger partial charge in [-0.1, -0.05) is 6.92 Å². The molecular weight excluding hydrogens is 378 g/mol. The topological polar surface area (TPSA) is 43.7 Å². The van der Waals surface area contributed by atoms with E-state index < -0.39 is 36.3 Å². The summed E-state index contributed by atoms with van der Waals surface area (Å²) in [7, 11) is 0. The lowest BCUT2D eigenvalue weighted by molar-refractivity contribution is -0.136. The minimum Gasteiger partial charge on any atom is -0.456 e. The summed E-state index contributed by atoms with van der Waals surface area (Å²) in [5.41, 5.74) is -1.59. The van der Waals surface area contributed by atoms with Crippen molar-refractivity contribution in [2.75, 3.05) is 6.61 Å². The Hall–Kier alpha value is -2.36. The number of alkyl halides is 6. The molecule has 0 saturated heterocycles. The molecule has 4 nitrogen and oxygen atoms in total. The molecule has 0 radical (unpaired) electrons. The van der Waals surface area contributed by atoms with E-state index in [9.17, 15) is 26.3 Å². The Morgan fingerprint density at radius 1 is 1.11 bits per heavy atom. The van der Waals surface area contributed by atoms with E-state index in [1.807, 2.05) is 0 Å². The molecule has 2 aromatic rings. The molecule has 27 heavy (non-hydrogen) atoms. The summed E-state index contributed by atoms with van der Waals surface area (Å²) in [6.07, 6.45) is -10.7. The van der Waals surface area contributed by atoms with Crippen LogP contribution in [0.3, 0.4) is 0 Å². The lowest BCUT2D eigenvalue weighted by atomic mass is 10.1. The Labute approximate surface area is 149 Å². The number of aromatic nitrogens is 1. The van der Waals surface area contributed by atoms with Gasteiger partial charge in [-0.05, 0) is 24.6 Å². The van der Waals surface area contributed by atoms with Crippen molar-refractivity contribution >= 4 is 22.3 Å². The van der Waals surface area contributed by atoms with Gasteiger partial charge in [0.25, 0.3) is 0 Å². The first kappa shape index (κ1) is 19.4. The zero-order valence-electron chi connectivity index (χ0n) is 14.0. The first-order valence-corrected chi connectivity index (χ1v) is 8.01. The number of aliphatic imine (C=N–C) groups is 1. The van der Waals surface area contributed by atoms with E-state index in [1.165, 1.54) is 12.1 Å². The number of halogens is 6. The minimum atomic E-state index is -4.70. The molecule has 146 valence electrons. The van der Waals surface area contributed by atoms with Gasteiger partial charge in [0.15, 0.2) is 5.75 Å². The number of rotatable bonds is 4. The van der Waals surface area contributed by atoms with Gasteiger partial charge in [-0.2, -0.15) is 26.3 Å². The average Bonchev–Trinajstić information content (AvgIpc) is 2.57. The maximum absolute atomic E-state index is 13.4. The normalized spacial score (nSPS) is 17.4. The molecule has 0 N–H and O–H groups in total. The number of hydrogen-bond donors (Lipinski definition) is 0. The van der Waals surface area contributed by atoms with Crippen LogP contribution >= 0.6 is 0 Å². The van der Waals surface area contributed by atoms with Crippen molar-refractivity contribution in [3.63, 3.8) is 0 Å². The Morgan fingerprint density at radius 3 is 2.48 bits per heavy atom. The molecule has 0 saturated carbocycles. The molecule has 1 aromatic heterocycles. The Balaban J connectivity index is 2.17. The minimum absolute atomic E-state index is 0.00714. The largest absolute Gasteiger partial charge is 0.456 e. The number of benzene rings is 1. The summed E-state index contributed by atoms with van der Waals surface area (Å²) in [6.45, 7) is 1.80. The molecule has 0 bridgehead atoms. The third-order valence-electron chi connectivity index (χ3n) is 3.76. The van der Waals surface area contributed by atoms with E-state index in [1.54, 1.807) is 6.92 Å². The highest BCUT2D eigenvalue weighted by Crippen LogP contribution is 2.45. The molecule has 1 aliphatic heterocycles. The standard InChI is InChI=1S/C17H14F6N2O2/c1-2-7-26-15-12(8-16(18,19)20)25-11-4-3-10-13(14(11)27-15)9(5-6-24-10)17(21,22)23/h3-6,15H,2,7-8H2,1H3. The Morgan fingerprint density at radius 2 is 1.85 bits per heavy atom. The van der Waals surface area contributed by atoms with Crippen LogP contribution in [-0.4, -0.2) is 29.8 Å². The van der Waals surface area contributed by atoms with Crippen LogP contribution in [0, 0.1) is 0 Å². The summed E-state index contributed by atoms with van der Waals surface area (Å²) in [4.78, 5) is 7.77. The third-order valence-corrected chi connectivity index (χ3v) is 3.76. The Bertz CT molecular complexity index is 876. The fourth-order valence-electron chi connectivity index (χ4n) is 2.71. The lowest BCUT2D eigenvalue weighted by Gasteiger charge is -2.28. The maximum atomic E-state index is 13.4. The first-order chi connectivity index (χ1) is 12.6. The van der Waals surface area contributed by atoms with E-state index in [-0.39, 0.29) is 28.9 Å². The van der Waals surface area contributed by atoms with Gasteiger partial charge in [0.1, 0.15) is 5.69 Å². The highest BCUT2D eigenvalue weighted by Gasteiger charge is 2.39. The van der Waals surface area contributed by atoms with Crippen LogP contribution in [0.25, 0.3) is 10.9 Å². The fraction of sp³-hybridized carbons (Fsp3) is 0.412. The number of pyridine rings is 1. The van der Waals surface area contributed by atoms with Gasteiger partial charge < -0.3 is 9.47 Å². The number of fused-ring (bicyclic) bond motifs is 3. The van der Waals surface area contributed by atoms with Crippen molar-refractivity contribution in [2.24, 2.45) is 4.99 Å². The number of hydrogen-bond acceptors (Lipinski definition) is 4. The van der Waals surface area contributed by atoms with Crippen molar-refractivity contribution in [3.05, 3.63) is 30.0 Å². The molecule has 1 unspecified atom stereocenters. The van der Waals surface area contributed by atoms with Crippen LogP contribution in [0.1, 0.15) is 25.3 Å². The lowest BCUT2D eigenvalue weighted by Crippen LogP contribution is -2.36. The van der Waals surface area contributed by atoms with E-state index in [2.05, 4.69) is 9.98 Å². The van der Waals surface area contributed by atoms with Gasteiger partial charge in [0, 0.05) is 6.20 Å². The maximum Gasteiger partial charge on any atom is 0.417 e. The van der Waals surface area contributed by atoms with Gasteiger partial charge >= 0.3 is 12.4 Å². The highest BCUT2D eigenvalue weighted by atomic mass is 19.4. The zero-order valence-corrected chi connectivity index (χ0v) is 14.0. The SMILES string of the molecule is CCCOC1Oc2c(ccc3nccc(C(F)(F)F)c23)N=C1CC(F)(F)F. The van der Waals surface area contributed by atoms with Crippen molar-refractivity contribution in [1.29, 1.82) is 0 Å². The molecule has 0 fully saturated rings. The molecule has 0 aliphatic carbocycles. The van der Waals surface area contributed by atoms with E-state index in [0.717, 1.165) is 12.3 Å². The monoisotopic (exact) mass is 392 g/mol. The van der Waals surface area contributed by atoms with Gasteiger partial charge in [0.2, 0.25) is 6.29 Å². The smallest absolute Gasteiger partial charge is 0.417 e.